The van der Waals surface area contributed by atoms with E-state index in [2.05, 4.69) is 19.2 Å². The third-order valence-corrected chi connectivity index (χ3v) is 4.13. The SMILES string of the molecule is CC(N[C@H](CO)C(C)C)c1cc(Cl)sc1Cl. The Morgan fingerprint density at radius 2 is 2.00 bits per heavy atom. The number of thiophene rings is 1. The zero-order chi connectivity index (χ0) is 12.3. The third kappa shape index (κ3) is 3.60. The summed E-state index contributed by atoms with van der Waals surface area (Å²) in [4.78, 5) is 0. The van der Waals surface area contributed by atoms with E-state index >= 15 is 0 Å². The van der Waals surface area contributed by atoms with E-state index in [9.17, 15) is 5.11 Å². The number of halogens is 2. The Morgan fingerprint density at radius 1 is 1.38 bits per heavy atom. The molecular formula is C11H17Cl2NOS. The highest BCUT2D eigenvalue weighted by Crippen LogP contribution is 2.35. The molecule has 92 valence electrons. The molecule has 2 N–H and O–H groups in total. The van der Waals surface area contributed by atoms with E-state index in [0.29, 0.717) is 14.6 Å². The fraction of sp³-hybridized carbons (Fsp3) is 0.636. The average Bonchev–Trinajstić information content (AvgIpc) is 2.53. The van der Waals surface area contributed by atoms with E-state index in [0.717, 1.165) is 5.56 Å². The molecule has 0 radical (unpaired) electrons. The van der Waals surface area contributed by atoms with Crippen molar-refractivity contribution < 1.29 is 5.11 Å². The first-order valence-electron chi connectivity index (χ1n) is 5.27. The van der Waals surface area contributed by atoms with Gasteiger partial charge in [0.05, 0.1) is 15.3 Å². The maximum absolute atomic E-state index is 9.25. The average molecular weight is 282 g/mol. The molecule has 2 atom stereocenters. The lowest BCUT2D eigenvalue weighted by atomic mass is 10.0. The first kappa shape index (κ1) is 14.3. The lowest BCUT2D eigenvalue weighted by Gasteiger charge is -2.24. The van der Waals surface area contributed by atoms with Gasteiger partial charge in [0.2, 0.25) is 0 Å². The Bertz CT molecular complexity index is 341. The standard InChI is InChI=1S/C11H17Cl2NOS/c1-6(2)9(5-15)14-7(3)8-4-10(12)16-11(8)13/h4,6-7,9,14-15H,5H2,1-3H3/t7?,9-/m1/s1. The smallest absolute Gasteiger partial charge is 0.0991 e. The summed E-state index contributed by atoms with van der Waals surface area (Å²) in [5, 5.41) is 12.6. The highest BCUT2D eigenvalue weighted by Gasteiger charge is 2.18. The van der Waals surface area contributed by atoms with Crippen LogP contribution in [0.1, 0.15) is 32.4 Å². The van der Waals surface area contributed by atoms with Crippen molar-refractivity contribution in [1.82, 2.24) is 5.32 Å². The molecule has 1 aromatic heterocycles. The van der Waals surface area contributed by atoms with Gasteiger partial charge in [0.15, 0.2) is 0 Å². The van der Waals surface area contributed by atoms with Gasteiger partial charge in [-0.15, -0.1) is 11.3 Å². The zero-order valence-corrected chi connectivity index (χ0v) is 12.0. The van der Waals surface area contributed by atoms with Crippen molar-refractivity contribution in [2.45, 2.75) is 32.9 Å². The number of aliphatic hydroxyl groups excluding tert-OH is 1. The predicted molar refractivity (Wildman–Crippen MR) is 71.6 cm³/mol. The van der Waals surface area contributed by atoms with Crippen LogP contribution in [0.4, 0.5) is 0 Å². The van der Waals surface area contributed by atoms with E-state index in [1.165, 1.54) is 11.3 Å². The highest BCUT2D eigenvalue weighted by molar-refractivity contribution is 7.20. The first-order valence-corrected chi connectivity index (χ1v) is 6.84. The van der Waals surface area contributed by atoms with Crippen molar-refractivity contribution in [3.05, 3.63) is 20.3 Å². The lowest BCUT2D eigenvalue weighted by molar-refractivity contribution is 0.201. The number of hydrogen-bond donors (Lipinski definition) is 2. The number of hydrogen-bond acceptors (Lipinski definition) is 3. The molecule has 0 aliphatic rings. The van der Waals surface area contributed by atoms with Gasteiger partial charge in [-0.3, -0.25) is 0 Å². The predicted octanol–water partition coefficient (Wildman–Crippen LogP) is 3.72. The minimum atomic E-state index is 0.0738. The van der Waals surface area contributed by atoms with Crippen molar-refractivity contribution in [3.8, 4) is 0 Å². The molecule has 0 saturated heterocycles. The van der Waals surface area contributed by atoms with E-state index < -0.39 is 0 Å². The molecule has 5 heteroatoms. The first-order chi connectivity index (χ1) is 7.45. The van der Waals surface area contributed by atoms with Crippen LogP contribution in [0.15, 0.2) is 6.07 Å². The minimum absolute atomic E-state index is 0.0738. The molecule has 1 aromatic rings. The van der Waals surface area contributed by atoms with E-state index in [1.807, 2.05) is 13.0 Å². The van der Waals surface area contributed by atoms with Gasteiger partial charge < -0.3 is 10.4 Å². The van der Waals surface area contributed by atoms with Gasteiger partial charge in [-0.1, -0.05) is 37.0 Å². The van der Waals surface area contributed by atoms with Gasteiger partial charge in [0.25, 0.3) is 0 Å². The highest BCUT2D eigenvalue weighted by atomic mass is 35.5. The Balaban J connectivity index is 2.71. The summed E-state index contributed by atoms with van der Waals surface area (Å²) < 4.78 is 1.41. The Labute approximate surface area is 111 Å². The molecular weight excluding hydrogens is 265 g/mol. The van der Waals surface area contributed by atoms with Crippen LogP contribution in [0.3, 0.4) is 0 Å². The molecule has 0 saturated carbocycles. The van der Waals surface area contributed by atoms with Crippen molar-refractivity contribution in [2.75, 3.05) is 6.61 Å². The summed E-state index contributed by atoms with van der Waals surface area (Å²) in [6, 6.07) is 2.04. The van der Waals surface area contributed by atoms with Crippen LogP contribution in [-0.2, 0) is 0 Å². The molecule has 1 unspecified atom stereocenters. The molecule has 0 aliphatic carbocycles. The minimum Gasteiger partial charge on any atom is -0.395 e. The quantitative estimate of drug-likeness (QED) is 0.862. The van der Waals surface area contributed by atoms with Crippen molar-refractivity contribution >= 4 is 34.5 Å². The Kier molecular flexibility index (Phi) is 5.54. The maximum atomic E-state index is 9.25. The summed E-state index contributed by atoms with van der Waals surface area (Å²) in [5.41, 5.74) is 0.996. The third-order valence-electron chi connectivity index (χ3n) is 2.62. The van der Waals surface area contributed by atoms with Crippen LogP contribution in [0.5, 0.6) is 0 Å². The molecule has 0 amide bonds. The van der Waals surface area contributed by atoms with Gasteiger partial charge in [-0.25, -0.2) is 0 Å². The normalized spacial score (nSPS) is 15.4. The molecule has 2 nitrogen and oxygen atoms in total. The van der Waals surface area contributed by atoms with Crippen LogP contribution >= 0.6 is 34.5 Å². The second-order valence-corrected chi connectivity index (χ2v) is 6.49. The zero-order valence-electron chi connectivity index (χ0n) is 9.63. The second-order valence-electron chi connectivity index (χ2n) is 4.20. The summed E-state index contributed by atoms with van der Waals surface area (Å²) in [6.45, 7) is 6.29. The fourth-order valence-corrected chi connectivity index (χ4v) is 3.16. The van der Waals surface area contributed by atoms with E-state index in [1.54, 1.807) is 0 Å². The molecule has 0 aliphatic heterocycles. The molecule has 0 bridgehead atoms. The fourth-order valence-electron chi connectivity index (χ4n) is 1.52. The Hall–Kier alpha value is 0.200. The maximum Gasteiger partial charge on any atom is 0.0991 e. The molecule has 0 spiro atoms. The lowest BCUT2D eigenvalue weighted by Crippen LogP contribution is -2.38. The summed E-state index contributed by atoms with van der Waals surface area (Å²) in [7, 11) is 0. The van der Waals surface area contributed by atoms with Crippen molar-refractivity contribution in [3.63, 3.8) is 0 Å². The van der Waals surface area contributed by atoms with Gasteiger partial charge >= 0.3 is 0 Å². The summed E-state index contributed by atoms with van der Waals surface area (Å²) in [6.07, 6.45) is 0. The van der Waals surface area contributed by atoms with Gasteiger partial charge in [0, 0.05) is 12.1 Å². The van der Waals surface area contributed by atoms with Gasteiger partial charge in [0.1, 0.15) is 0 Å². The van der Waals surface area contributed by atoms with Crippen LogP contribution in [-0.4, -0.2) is 17.8 Å². The van der Waals surface area contributed by atoms with Crippen LogP contribution in [0.2, 0.25) is 8.67 Å². The van der Waals surface area contributed by atoms with E-state index in [4.69, 9.17) is 23.2 Å². The van der Waals surface area contributed by atoms with Gasteiger partial charge in [-0.2, -0.15) is 0 Å². The molecule has 1 heterocycles. The van der Waals surface area contributed by atoms with Crippen LogP contribution in [0.25, 0.3) is 0 Å². The monoisotopic (exact) mass is 281 g/mol. The second kappa shape index (κ2) is 6.22. The van der Waals surface area contributed by atoms with Crippen molar-refractivity contribution in [2.24, 2.45) is 5.92 Å². The Morgan fingerprint density at radius 3 is 2.38 bits per heavy atom. The van der Waals surface area contributed by atoms with Crippen LogP contribution < -0.4 is 5.32 Å². The largest absolute Gasteiger partial charge is 0.395 e. The number of nitrogens with one attached hydrogen (secondary N) is 1. The van der Waals surface area contributed by atoms with E-state index in [-0.39, 0.29) is 18.7 Å². The van der Waals surface area contributed by atoms with Crippen LogP contribution in [0, 0.1) is 5.92 Å². The topological polar surface area (TPSA) is 32.3 Å². The molecule has 16 heavy (non-hydrogen) atoms. The molecule has 1 rings (SSSR count). The number of rotatable bonds is 5. The van der Waals surface area contributed by atoms with Gasteiger partial charge in [-0.05, 0) is 24.5 Å². The summed E-state index contributed by atoms with van der Waals surface area (Å²) >= 11 is 13.3. The summed E-state index contributed by atoms with van der Waals surface area (Å²) in [5.74, 6) is 0.375. The molecule has 0 fully saturated rings. The molecule has 0 aromatic carbocycles. The number of aliphatic hydroxyl groups is 1. The van der Waals surface area contributed by atoms with Crippen molar-refractivity contribution in [1.29, 1.82) is 0 Å².